The van der Waals surface area contributed by atoms with Gasteiger partial charge in [0.1, 0.15) is 10.8 Å². The normalized spacial score (nSPS) is 14.8. The number of carbonyl (C=O) groups excluding carboxylic acids is 2. The monoisotopic (exact) mass is 360 g/mol. The van der Waals surface area contributed by atoms with Crippen LogP contribution in [0.25, 0.3) is 0 Å². The number of rotatable bonds is 6. The molecule has 2 N–H and O–H groups in total. The highest BCUT2D eigenvalue weighted by Gasteiger charge is 2.17. The van der Waals surface area contributed by atoms with Crippen molar-refractivity contribution >= 4 is 28.8 Å². The maximum Gasteiger partial charge on any atom is 0.234 e. The summed E-state index contributed by atoms with van der Waals surface area (Å²) in [6, 6.07) is 7.29. The number of nitrogens with zero attached hydrogens (tertiary/aromatic N) is 2. The number of anilines is 1. The molecule has 8 heteroatoms. The highest BCUT2D eigenvalue weighted by atomic mass is 32.1. The Hall–Kier alpha value is -2.45. The van der Waals surface area contributed by atoms with Crippen LogP contribution in [-0.4, -0.2) is 48.4 Å². The van der Waals surface area contributed by atoms with Crippen molar-refractivity contribution in [2.24, 2.45) is 0 Å². The van der Waals surface area contributed by atoms with Crippen LogP contribution in [-0.2, 0) is 22.6 Å². The number of benzene rings is 1. The number of ether oxygens (including phenoxy) is 1. The molecule has 0 atom stereocenters. The van der Waals surface area contributed by atoms with Crippen LogP contribution in [0.5, 0.6) is 5.75 Å². The van der Waals surface area contributed by atoms with Gasteiger partial charge in [0.2, 0.25) is 11.8 Å². The minimum absolute atomic E-state index is 0.0397. The second-order valence-corrected chi connectivity index (χ2v) is 6.66. The lowest BCUT2D eigenvalue weighted by Crippen LogP contribution is -2.47. The van der Waals surface area contributed by atoms with Gasteiger partial charge in [-0.15, -0.1) is 11.3 Å². The van der Waals surface area contributed by atoms with Crippen molar-refractivity contribution in [2.75, 3.05) is 32.1 Å². The van der Waals surface area contributed by atoms with Crippen LogP contribution in [0, 0.1) is 0 Å². The van der Waals surface area contributed by atoms with Crippen LogP contribution in [0.4, 0.5) is 5.69 Å². The number of hydrogen-bond donors (Lipinski definition) is 2. The molecule has 2 aromatic rings. The zero-order chi connectivity index (χ0) is 17.6. The van der Waals surface area contributed by atoms with Crippen LogP contribution in [0.3, 0.4) is 0 Å². The molecule has 0 spiro atoms. The lowest BCUT2D eigenvalue weighted by Gasteiger charge is -2.25. The van der Waals surface area contributed by atoms with E-state index in [-0.39, 0.29) is 18.2 Å². The zero-order valence-electron chi connectivity index (χ0n) is 13.9. The summed E-state index contributed by atoms with van der Waals surface area (Å²) in [6.45, 7) is 2.49. The molecule has 25 heavy (non-hydrogen) atoms. The van der Waals surface area contributed by atoms with Crippen molar-refractivity contribution < 1.29 is 14.3 Å². The van der Waals surface area contributed by atoms with E-state index in [1.54, 1.807) is 19.2 Å². The average molecular weight is 360 g/mol. The Morgan fingerprint density at radius 1 is 1.44 bits per heavy atom. The second kappa shape index (κ2) is 8.09. The smallest absolute Gasteiger partial charge is 0.234 e. The van der Waals surface area contributed by atoms with E-state index in [2.05, 4.69) is 15.6 Å². The number of hydrogen-bond acceptors (Lipinski definition) is 6. The number of thiazole rings is 1. The second-order valence-electron chi connectivity index (χ2n) is 5.72. The summed E-state index contributed by atoms with van der Waals surface area (Å²) in [5, 5.41) is 8.34. The van der Waals surface area contributed by atoms with Gasteiger partial charge in [-0.25, -0.2) is 4.98 Å². The minimum Gasteiger partial charge on any atom is -0.495 e. The van der Waals surface area contributed by atoms with Crippen molar-refractivity contribution in [1.29, 1.82) is 0 Å². The van der Waals surface area contributed by atoms with Gasteiger partial charge in [-0.05, 0) is 12.1 Å². The van der Waals surface area contributed by atoms with Crippen LogP contribution < -0.4 is 15.4 Å². The predicted octanol–water partition coefficient (Wildman–Crippen LogP) is 1.26. The fraction of sp³-hybridized carbons (Fsp3) is 0.353. The molecule has 2 heterocycles. The third-order valence-electron chi connectivity index (χ3n) is 3.80. The third kappa shape index (κ3) is 4.77. The standard InChI is InChI=1S/C17H20N4O3S/c1-24-14-5-3-2-4-13(14)20-15(22)8-17-19-12(11-25-17)9-21-7-6-18-16(23)10-21/h2-5,11H,6-10H2,1H3,(H,18,23)(H,20,22). The average Bonchev–Trinajstić information content (AvgIpc) is 3.02. The van der Waals surface area contributed by atoms with Crippen molar-refractivity contribution in [1.82, 2.24) is 15.2 Å². The van der Waals surface area contributed by atoms with Gasteiger partial charge in [-0.1, -0.05) is 12.1 Å². The molecule has 2 amide bonds. The Kier molecular flexibility index (Phi) is 5.62. The van der Waals surface area contributed by atoms with Crippen LogP contribution >= 0.6 is 11.3 Å². The molecule has 1 saturated heterocycles. The minimum atomic E-state index is -0.136. The zero-order valence-corrected chi connectivity index (χ0v) is 14.8. The molecule has 0 radical (unpaired) electrons. The van der Waals surface area contributed by atoms with Crippen molar-refractivity contribution in [2.45, 2.75) is 13.0 Å². The SMILES string of the molecule is COc1ccccc1NC(=O)Cc1nc(CN2CCNC(=O)C2)cs1. The molecule has 0 bridgehead atoms. The molecule has 1 fully saturated rings. The number of aromatic nitrogens is 1. The number of methoxy groups -OCH3 is 1. The van der Waals surface area contributed by atoms with E-state index in [4.69, 9.17) is 4.74 Å². The largest absolute Gasteiger partial charge is 0.495 e. The molecular weight excluding hydrogens is 340 g/mol. The molecule has 132 valence electrons. The maximum absolute atomic E-state index is 12.2. The quantitative estimate of drug-likeness (QED) is 0.810. The molecule has 1 aliphatic rings. The molecular formula is C17H20N4O3S. The summed E-state index contributed by atoms with van der Waals surface area (Å²) in [5.41, 5.74) is 1.53. The summed E-state index contributed by atoms with van der Waals surface area (Å²) < 4.78 is 5.23. The Labute approximate surface area is 150 Å². The Bertz CT molecular complexity index is 762. The molecule has 0 saturated carbocycles. The predicted molar refractivity (Wildman–Crippen MR) is 95.7 cm³/mol. The van der Waals surface area contributed by atoms with Gasteiger partial charge in [0, 0.05) is 25.0 Å². The summed E-state index contributed by atoms with van der Waals surface area (Å²) in [4.78, 5) is 30.2. The van der Waals surface area contributed by atoms with E-state index in [0.717, 1.165) is 17.2 Å². The Balaban J connectivity index is 1.55. The summed E-state index contributed by atoms with van der Waals surface area (Å²) in [7, 11) is 1.57. The van der Waals surface area contributed by atoms with E-state index in [0.29, 0.717) is 31.1 Å². The fourth-order valence-corrected chi connectivity index (χ4v) is 3.42. The first-order chi connectivity index (χ1) is 12.1. The van der Waals surface area contributed by atoms with Gasteiger partial charge in [-0.3, -0.25) is 14.5 Å². The summed E-state index contributed by atoms with van der Waals surface area (Å²) in [5.74, 6) is 0.527. The Morgan fingerprint density at radius 3 is 3.08 bits per heavy atom. The van der Waals surface area contributed by atoms with E-state index in [9.17, 15) is 9.59 Å². The van der Waals surface area contributed by atoms with E-state index < -0.39 is 0 Å². The highest BCUT2D eigenvalue weighted by molar-refractivity contribution is 7.09. The van der Waals surface area contributed by atoms with Crippen LogP contribution in [0.15, 0.2) is 29.6 Å². The lowest BCUT2D eigenvalue weighted by atomic mass is 10.3. The number of para-hydroxylation sites is 2. The topological polar surface area (TPSA) is 83.6 Å². The van der Waals surface area contributed by atoms with Gasteiger partial charge >= 0.3 is 0 Å². The van der Waals surface area contributed by atoms with E-state index in [1.165, 1.54) is 11.3 Å². The molecule has 0 unspecified atom stereocenters. The first-order valence-corrected chi connectivity index (χ1v) is 8.87. The highest BCUT2D eigenvalue weighted by Crippen LogP contribution is 2.23. The summed E-state index contributed by atoms with van der Waals surface area (Å²) >= 11 is 1.46. The number of nitrogens with one attached hydrogen (secondary N) is 2. The van der Waals surface area contributed by atoms with Crippen molar-refractivity contribution in [3.63, 3.8) is 0 Å². The number of amides is 2. The number of piperazine rings is 1. The van der Waals surface area contributed by atoms with Gasteiger partial charge in [0.25, 0.3) is 0 Å². The Morgan fingerprint density at radius 2 is 2.28 bits per heavy atom. The fourth-order valence-electron chi connectivity index (χ4n) is 2.64. The van der Waals surface area contributed by atoms with Gasteiger partial charge in [0.15, 0.2) is 0 Å². The molecule has 7 nitrogen and oxygen atoms in total. The van der Waals surface area contributed by atoms with Crippen molar-refractivity contribution in [3.8, 4) is 5.75 Å². The maximum atomic E-state index is 12.2. The van der Waals surface area contributed by atoms with E-state index in [1.807, 2.05) is 22.4 Å². The summed E-state index contributed by atoms with van der Waals surface area (Å²) in [6.07, 6.45) is 0.212. The molecule has 0 aliphatic carbocycles. The lowest BCUT2D eigenvalue weighted by molar-refractivity contribution is -0.124. The van der Waals surface area contributed by atoms with Gasteiger partial charge in [-0.2, -0.15) is 0 Å². The van der Waals surface area contributed by atoms with E-state index >= 15 is 0 Å². The van der Waals surface area contributed by atoms with Gasteiger partial charge < -0.3 is 15.4 Å². The van der Waals surface area contributed by atoms with Crippen molar-refractivity contribution in [3.05, 3.63) is 40.3 Å². The number of carbonyl (C=O) groups is 2. The van der Waals surface area contributed by atoms with Crippen LogP contribution in [0.2, 0.25) is 0 Å². The third-order valence-corrected chi connectivity index (χ3v) is 4.69. The van der Waals surface area contributed by atoms with Crippen LogP contribution in [0.1, 0.15) is 10.7 Å². The van der Waals surface area contributed by atoms with Gasteiger partial charge in [0.05, 0.1) is 31.5 Å². The molecule has 1 aliphatic heterocycles. The molecule has 1 aromatic carbocycles. The first kappa shape index (κ1) is 17.4. The first-order valence-electron chi connectivity index (χ1n) is 7.99. The molecule has 3 rings (SSSR count). The molecule has 1 aromatic heterocycles.